The summed E-state index contributed by atoms with van der Waals surface area (Å²) in [6.45, 7) is 2.06. The molecule has 0 aromatic carbocycles. The van der Waals surface area contributed by atoms with Crippen LogP contribution in [0.25, 0.3) is 0 Å². The summed E-state index contributed by atoms with van der Waals surface area (Å²) in [6, 6.07) is 0.832. The SMILES string of the molecule is CCn1c(Sc2cc(C(F)(F)F)ncc2N)n[nH]c1=O. The van der Waals surface area contributed by atoms with E-state index in [9.17, 15) is 18.0 Å². The van der Waals surface area contributed by atoms with Crippen molar-refractivity contribution in [3.8, 4) is 0 Å². The fourth-order valence-corrected chi connectivity index (χ4v) is 2.40. The fourth-order valence-electron chi connectivity index (χ4n) is 1.45. The van der Waals surface area contributed by atoms with Crippen molar-refractivity contribution in [1.82, 2.24) is 19.7 Å². The van der Waals surface area contributed by atoms with Gasteiger partial charge in [0.05, 0.1) is 11.9 Å². The third-order valence-electron chi connectivity index (χ3n) is 2.43. The average molecular weight is 305 g/mol. The molecule has 0 aliphatic carbocycles. The molecule has 0 bridgehead atoms. The van der Waals surface area contributed by atoms with Gasteiger partial charge in [-0.3, -0.25) is 4.57 Å². The molecule has 0 unspecified atom stereocenters. The molecule has 2 aromatic rings. The van der Waals surface area contributed by atoms with Crippen LogP contribution < -0.4 is 11.4 Å². The molecule has 10 heteroatoms. The van der Waals surface area contributed by atoms with Crippen molar-refractivity contribution in [2.45, 2.75) is 29.7 Å². The number of nitrogens with zero attached hydrogens (tertiary/aromatic N) is 3. The maximum Gasteiger partial charge on any atom is 0.433 e. The summed E-state index contributed by atoms with van der Waals surface area (Å²) in [7, 11) is 0. The van der Waals surface area contributed by atoms with Gasteiger partial charge < -0.3 is 5.73 Å². The van der Waals surface area contributed by atoms with Gasteiger partial charge in [0.1, 0.15) is 5.69 Å². The highest BCUT2D eigenvalue weighted by molar-refractivity contribution is 7.99. The minimum atomic E-state index is -4.56. The highest BCUT2D eigenvalue weighted by Gasteiger charge is 2.33. The van der Waals surface area contributed by atoms with E-state index in [2.05, 4.69) is 15.2 Å². The third kappa shape index (κ3) is 2.79. The second-order valence-corrected chi connectivity index (χ2v) is 4.77. The topological polar surface area (TPSA) is 89.6 Å². The van der Waals surface area contributed by atoms with Gasteiger partial charge in [-0.2, -0.15) is 13.2 Å². The van der Waals surface area contributed by atoms with Crippen LogP contribution in [0.1, 0.15) is 12.6 Å². The minimum absolute atomic E-state index is 0.0844. The number of hydrogen-bond acceptors (Lipinski definition) is 5. The number of pyridine rings is 1. The molecule has 2 aromatic heterocycles. The summed E-state index contributed by atoms with van der Waals surface area (Å²) in [6.07, 6.45) is -3.62. The summed E-state index contributed by atoms with van der Waals surface area (Å²) < 4.78 is 39.1. The molecule has 0 aliphatic heterocycles. The van der Waals surface area contributed by atoms with Crippen LogP contribution in [0.15, 0.2) is 27.1 Å². The molecule has 2 rings (SSSR count). The van der Waals surface area contributed by atoms with Gasteiger partial charge in [-0.25, -0.2) is 14.9 Å². The number of hydrogen-bond donors (Lipinski definition) is 2. The molecule has 0 saturated carbocycles. The zero-order chi connectivity index (χ0) is 14.9. The second-order valence-electron chi connectivity index (χ2n) is 3.76. The Kier molecular flexibility index (Phi) is 3.75. The molecule has 0 radical (unpaired) electrons. The molecule has 0 spiro atoms. The number of aromatic nitrogens is 4. The lowest BCUT2D eigenvalue weighted by molar-refractivity contribution is -0.141. The van der Waals surface area contributed by atoms with E-state index in [4.69, 9.17) is 5.73 Å². The van der Waals surface area contributed by atoms with Gasteiger partial charge in [0.15, 0.2) is 5.16 Å². The first-order valence-electron chi connectivity index (χ1n) is 5.48. The maximum atomic E-state index is 12.6. The van der Waals surface area contributed by atoms with E-state index in [1.165, 1.54) is 4.57 Å². The zero-order valence-corrected chi connectivity index (χ0v) is 11.0. The van der Waals surface area contributed by atoms with Crippen molar-refractivity contribution < 1.29 is 13.2 Å². The molecular formula is C10H10F3N5OS. The van der Waals surface area contributed by atoms with E-state index in [1.54, 1.807) is 6.92 Å². The molecule has 0 fully saturated rings. The molecule has 0 saturated heterocycles. The Morgan fingerprint density at radius 2 is 2.20 bits per heavy atom. The van der Waals surface area contributed by atoms with Crippen LogP contribution in [0, 0.1) is 0 Å². The van der Waals surface area contributed by atoms with Gasteiger partial charge in [0.25, 0.3) is 0 Å². The molecule has 20 heavy (non-hydrogen) atoms. The van der Waals surface area contributed by atoms with Crippen molar-refractivity contribution in [3.05, 3.63) is 28.4 Å². The predicted molar refractivity (Wildman–Crippen MR) is 66.3 cm³/mol. The number of nitrogens with one attached hydrogen (secondary N) is 1. The molecule has 0 amide bonds. The van der Waals surface area contributed by atoms with Crippen molar-refractivity contribution in [1.29, 1.82) is 0 Å². The highest BCUT2D eigenvalue weighted by Crippen LogP contribution is 2.35. The van der Waals surface area contributed by atoms with E-state index >= 15 is 0 Å². The van der Waals surface area contributed by atoms with Gasteiger partial charge in [-0.1, -0.05) is 0 Å². The zero-order valence-electron chi connectivity index (χ0n) is 10.2. The number of nitrogen functional groups attached to an aromatic ring is 1. The first-order valence-corrected chi connectivity index (χ1v) is 6.30. The van der Waals surface area contributed by atoms with Gasteiger partial charge in [-0.15, -0.1) is 5.10 Å². The Bertz CT molecular complexity index is 678. The summed E-state index contributed by atoms with van der Waals surface area (Å²) in [5.41, 5.74) is 4.21. The standard InChI is InChI=1S/C10H10F3N5OS/c1-2-18-8(19)16-17-9(18)20-6-3-7(10(11,12)13)15-4-5(6)14/h3-4H,2,14H2,1H3,(H,16,19). The van der Waals surface area contributed by atoms with E-state index in [-0.39, 0.29) is 15.7 Å². The number of anilines is 1. The molecular weight excluding hydrogens is 295 g/mol. The first kappa shape index (κ1) is 14.4. The van der Waals surface area contributed by atoms with Crippen molar-refractivity contribution in [2.75, 3.05) is 5.73 Å². The molecule has 108 valence electrons. The Balaban J connectivity index is 2.40. The predicted octanol–water partition coefficient (Wildman–Crippen LogP) is 1.74. The lowest BCUT2D eigenvalue weighted by Crippen LogP contribution is -2.16. The number of aromatic amines is 1. The summed E-state index contributed by atoms with van der Waals surface area (Å²) >= 11 is 0.872. The van der Waals surface area contributed by atoms with Gasteiger partial charge in [-0.05, 0) is 24.8 Å². The lowest BCUT2D eigenvalue weighted by Gasteiger charge is -2.09. The number of H-pyrrole nitrogens is 1. The van der Waals surface area contributed by atoms with E-state index in [0.29, 0.717) is 6.54 Å². The Labute approximate surface area is 115 Å². The highest BCUT2D eigenvalue weighted by atomic mass is 32.2. The van der Waals surface area contributed by atoms with Crippen LogP contribution in [0.4, 0.5) is 18.9 Å². The summed E-state index contributed by atoms with van der Waals surface area (Å²) in [4.78, 5) is 14.8. The van der Waals surface area contributed by atoms with Gasteiger partial charge >= 0.3 is 11.9 Å². The smallest absolute Gasteiger partial charge is 0.397 e. The monoisotopic (exact) mass is 305 g/mol. The number of halogens is 3. The van der Waals surface area contributed by atoms with Crippen LogP contribution in [0.3, 0.4) is 0 Å². The molecule has 0 atom stereocenters. The fraction of sp³-hybridized carbons (Fsp3) is 0.300. The third-order valence-corrected chi connectivity index (χ3v) is 3.49. The Hall–Kier alpha value is -1.97. The van der Waals surface area contributed by atoms with Crippen molar-refractivity contribution >= 4 is 17.4 Å². The van der Waals surface area contributed by atoms with Crippen LogP contribution in [0.2, 0.25) is 0 Å². The average Bonchev–Trinajstić information content (AvgIpc) is 2.71. The number of rotatable bonds is 3. The van der Waals surface area contributed by atoms with E-state index in [1.807, 2.05) is 0 Å². The lowest BCUT2D eigenvalue weighted by atomic mass is 10.3. The largest absolute Gasteiger partial charge is 0.433 e. The summed E-state index contributed by atoms with van der Waals surface area (Å²) in [5.74, 6) is 0. The minimum Gasteiger partial charge on any atom is -0.397 e. The van der Waals surface area contributed by atoms with Crippen LogP contribution in [-0.4, -0.2) is 19.7 Å². The number of nitrogens with two attached hydrogens (primary N) is 1. The van der Waals surface area contributed by atoms with Crippen LogP contribution in [0.5, 0.6) is 0 Å². The van der Waals surface area contributed by atoms with E-state index in [0.717, 1.165) is 24.0 Å². The molecule has 0 aliphatic rings. The first-order chi connectivity index (χ1) is 9.32. The van der Waals surface area contributed by atoms with Crippen molar-refractivity contribution in [2.24, 2.45) is 0 Å². The van der Waals surface area contributed by atoms with Crippen molar-refractivity contribution in [3.63, 3.8) is 0 Å². The molecule has 3 N–H and O–H groups in total. The second kappa shape index (κ2) is 5.19. The van der Waals surface area contributed by atoms with Gasteiger partial charge in [0, 0.05) is 11.4 Å². The van der Waals surface area contributed by atoms with E-state index < -0.39 is 17.6 Å². The number of alkyl halides is 3. The molecule has 6 nitrogen and oxygen atoms in total. The Morgan fingerprint density at radius 1 is 1.50 bits per heavy atom. The quantitative estimate of drug-likeness (QED) is 0.901. The van der Waals surface area contributed by atoms with Gasteiger partial charge in [0.2, 0.25) is 0 Å². The Morgan fingerprint density at radius 3 is 2.80 bits per heavy atom. The normalized spacial score (nSPS) is 11.8. The molecule has 2 heterocycles. The maximum absolute atomic E-state index is 12.6. The van der Waals surface area contributed by atoms with Crippen LogP contribution >= 0.6 is 11.8 Å². The summed E-state index contributed by atoms with van der Waals surface area (Å²) in [5, 5.41) is 6.22. The van der Waals surface area contributed by atoms with Crippen LogP contribution in [-0.2, 0) is 12.7 Å².